The molecule has 2 rings (SSSR count). The molecule has 1 nitrogen and oxygen atoms in total. The van der Waals surface area contributed by atoms with Gasteiger partial charge in [0.2, 0.25) is 0 Å². The number of unbranched alkanes of at least 4 members (excludes halogenated alkanes) is 4. The first-order chi connectivity index (χ1) is 8.32. The van der Waals surface area contributed by atoms with Crippen LogP contribution in [-0.4, -0.2) is 18.0 Å². The summed E-state index contributed by atoms with van der Waals surface area (Å²) in [5, 5.41) is 1.15. The Labute approximate surface area is 115 Å². The van der Waals surface area contributed by atoms with E-state index in [1.807, 2.05) is 0 Å². The summed E-state index contributed by atoms with van der Waals surface area (Å²) in [6.45, 7) is 3.29. The summed E-state index contributed by atoms with van der Waals surface area (Å²) in [6, 6.07) is 0. The summed E-state index contributed by atoms with van der Waals surface area (Å²) in [6.07, 6.45) is 13.1. The maximum Gasteiger partial charge on any atom is 0.0668 e. The minimum atomic E-state index is 0.480. The van der Waals surface area contributed by atoms with E-state index in [4.69, 9.17) is 4.74 Å². The first-order valence-corrected chi connectivity index (χ1v) is 8.62. The van der Waals surface area contributed by atoms with Crippen molar-refractivity contribution in [1.82, 2.24) is 0 Å². The molecular weight excluding hydrogens is 276 g/mol. The topological polar surface area (TPSA) is 9.23 Å². The molecule has 1 saturated heterocycles. The molecule has 0 N–H and O–H groups in total. The minimum absolute atomic E-state index is 0.480. The lowest BCUT2D eigenvalue weighted by atomic mass is 9.76. The van der Waals surface area contributed by atoms with Gasteiger partial charge in [-0.1, -0.05) is 55.0 Å². The average Bonchev–Trinajstić information content (AvgIpc) is 3.10. The molecule has 0 amide bonds. The molecular formula is C15H27BrO. The molecule has 2 aliphatic rings. The standard InChI is InChI=1S/C15H27BrO/c1-2-3-4-5-6-9-15(12-16)10-11-17-14(15)13-7-8-13/h13-14H,2-12H2,1H3. The summed E-state index contributed by atoms with van der Waals surface area (Å²) in [5.41, 5.74) is 0.480. The molecule has 2 heteroatoms. The van der Waals surface area contributed by atoms with Crippen LogP contribution in [0.1, 0.15) is 64.7 Å². The molecule has 1 saturated carbocycles. The highest BCUT2D eigenvalue weighted by molar-refractivity contribution is 9.09. The fourth-order valence-electron chi connectivity index (χ4n) is 3.30. The van der Waals surface area contributed by atoms with E-state index in [0.29, 0.717) is 11.5 Å². The van der Waals surface area contributed by atoms with E-state index in [1.54, 1.807) is 0 Å². The zero-order valence-electron chi connectivity index (χ0n) is 11.2. The fourth-order valence-corrected chi connectivity index (χ4v) is 4.18. The predicted octanol–water partition coefficient (Wildman–Crippen LogP) is 4.93. The van der Waals surface area contributed by atoms with E-state index in [1.165, 1.54) is 57.8 Å². The highest BCUT2D eigenvalue weighted by Gasteiger charge is 2.49. The molecule has 0 spiro atoms. The second-order valence-corrected chi connectivity index (χ2v) is 6.60. The Kier molecular flexibility index (Phi) is 5.35. The molecule has 17 heavy (non-hydrogen) atoms. The zero-order valence-corrected chi connectivity index (χ0v) is 12.8. The van der Waals surface area contributed by atoms with Crippen LogP contribution in [0.3, 0.4) is 0 Å². The Morgan fingerprint density at radius 3 is 2.59 bits per heavy atom. The van der Waals surface area contributed by atoms with Crippen molar-refractivity contribution >= 4 is 15.9 Å². The van der Waals surface area contributed by atoms with E-state index in [9.17, 15) is 0 Å². The van der Waals surface area contributed by atoms with Gasteiger partial charge in [-0.25, -0.2) is 0 Å². The number of halogens is 1. The molecule has 0 aromatic heterocycles. The van der Waals surface area contributed by atoms with Gasteiger partial charge < -0.3 is 4.74 Å². The number of hydrogen-bond acceptors (Lipinski definition) is 1. The van der Waals surface area contributed by atoms with Gasteiger partial charge in [-0.15, -0.1) is 0 Å². The van der Waals surface area contributed by atoms with Crippen molar-refractivity contribution in [3.63, 3.8) is 0 Å². The largest absolute Gasteiger partial charge is 0.377 e. The predicted molar refractivity (Wildman–Crippen MR) is 76.7 cm³/mol. The van der Waals surface area contributed by atoms with Gasteiger partial charge in [0.1, 0.15) is 0 Å². The van der Waals surface area contributed by atoms with Gasteiger partial charge in [0, 0.05) is 17.4 Å². The highest BCUT2D eigenvalue weighted by atomic mass is 79.9. The summed E-state index contributed by atoms with van der Waals surface area (Å²) in [5.74, 6) is 0.894. The molecule has 100 valence electrons. The summed E-state index contributed by atoms with van der Waals surface area (Å²) in [7, 11) is 0. The van der Waals surface area contributed by atoms with Crippen LogP contribution in [0.15, 0.2) is 0 Å². The molecule has 2 unspecified atom stereocenters. The van der Waals surface area contributed by atoms with Crippen LogP contribution in [0.2, 0.25) is 0 Å². The third-order valence-electron chi connectivity index (χ3n) is 4.60. The molecule has 2 atom stereocenters. The van der Waals surface area contributed by atoms with Gasteiger partial charge in [0.25, 0.3) is 0 Å². The number of alkyl halides is 1. The van der Waals surface area contributed by atoms with Crippen LogP contribution < -0.4 is 0 Å². The maximum atomic E-state index is 6.03. The lowest BCUT2D eigenvalue weighted by Gasteiger charge is -2.32. The summed E-state index contributed by atoms with van der Waals surface area (Å²) >= 11 is 3.77. The second kappa shape index (κ2) is 6.56. The van der Waals surface area contributed by atoms with Crippen molar-refractivity contribution in [2.45, 2.75) is 70.8 Å². The van der Waals surface area contributed by atoms with Crippen molar-refractivity contribution in [2.75, 3.05) is 11.9 Å². The number of rotatable bonds is 8. The Morgan fingerprint density at radius 2 is 1.94 bits per heavy atom. The van der Waals surface area contributed by atoms with E-state index in [2.05, 4.69) is 22.9 Å². The molecule has 0 aromatic carbocycles. The number of ether oxygens (including phenoxy) is 1. The fraction of sp³-hybridized carbons (Fsp3) is 1.00. The second-order valence-electron chi connectivity index (χ2n) is 6.04. The molecule has 1 heterocycles. The monoisotopic (exact) mass is 302 g/mol. The first-order valence-electron chi connectivity index (χ1n) is 7.50. The van der Waals surface area contributed by atoms with Crippen molar-refractivity contribution in [1.29, 1.82) is 0 Å². The lowest BCUT2D eigenvalue weighted by Crippen LogP contribution is -2.34. The zero-order chi connectivity index (χ0) is 12.1. The van der Waals surface area contributed by atoms with Crippen LogP contribution in [0.25, 0.3) is 0 Å². The maximum absolute atomic E-state index is 6.03. The summed E-state index contributed by atoms with van der Waals surface area (Å²) in [4.78, 5) is 0. The van der Waals surface area contributed by atoms with E-state index in [0.717, 1.165) is 17.9 Å². The Bertz CT molecular complexity index is 227. The minimum Gasteiger partial charge on any atom is -0.377 e. The molecule has 1 aliphatic heterocycles. The van der Waals surface area contributed by atoms with Gasteiger partial charge >= 0.3 is 0 Å². The molecule has 0 radical (unpaired) electrons. The van der Waals surface area contributed by atoms with Gasteiger partial charge in [-0.05, 0) is 31.6 Å². The van der Waals surface area contributed by atoms with Crippen LogP contribution in [-0.2, 0) is 4.74 Å². The van der Waals surface area contributed by atoms with Gasteiger partial charge in [0.05, 0.1) is 6.10 Å². The van der Waals surface area contributed by atoms with Crippen molar-refractivity contribution < 1.29 is 4.74 Å². The third-order valence-corrected chi connectivity index (χ3v) is 5.71. The van der Waals surface area contributed by atoms with Crippen molar-refractivity contribution in [3.8, 4) is 0 Å². The summed E-state index contributed by atoms with van der Waals surface area (Å²) < 4.78 is 6.03. The van der Waals surface area contributed by atoms with E-state index >= 15 is 0 Å². The lowest BCUT2D eigenvalue weighted by molar-refractivity contribution is 0.0365. The van der Waals surface area contributed by atoms with E-state index in [-0.39, 0.29) is 0 Å². The van der Waals surface area contributed by atoms with Crippen LogP contribution in [0.4, 0.5) is 0 Å². The van der Waals surface area contributed by atoms with Crippen molar-refractivity contribution in [2.24, 2.45) is 11.3 Å². The molecule has 2 fully saturated rings. The highest BCUT2D eigenvalue weighted by Crippen LogP contribution is 2.51. The molecule has 0 bridgehead atoms. The van der Waals surface area contributed by atoms with Crippen LogP contribution in [0.5, 0.6) is 0 Å². The molecule has 0 aromatic rings. The molecule has 1 aliphatic carbocycles. The quantitative estimate of drug-likeness (QED) is 0.456. The van der Waals surface area contributed by atoms with Crippen LogP contribution >= 0.6 is 15.9 Å². The Balaban J connectivity index is 1.77. The van der Waals surface area contributed by atoms with E-state index < -0.39 is 0 Å². The normalized spacial score (nSPS) is 33.2. The third kappa shape index (κ3) is 3.47. The van der Waals surface area contributed by atoms with Crippen molar-refractivity contribution in [3.05, 3.63) is 0 Å². The Hall–Kier alpha value is 0.440. The Morgan fingerprint density at radius 1 is 1.18 bits per heavy atom. The average molecular weight is 303 g/mol. The van der Waals surface area contributed by atoms with Gasteiger partial charge in [-0.3, -0.25) is 0 Å². The van der Waals surface area contributed by atoms with Gasteiger partial charge in [-0.2, -0.15) is 0 Å². The first kappa shape index (κ1) is 13.9. The smallest absolute Gasteiger partial charge is 0.0668 e. The van der Waals surface area contributed by atoms with Crippen LogP contribution in [0, 0.1) is 11.3 Å². The van der Waals surface area contributed by atoms with Gasteiger partial charge in [0.15, 0.2) is 0 Å². The number of hydrogen-bond donors (Lipinski definition) is 0. The SMILES string of the molecule is CCCCCCCC1(CBr)CCOC1C1CC1.